The molecular formula is C24H27N3O3. The maximum absolute atomic E-state index is 12.9. The minimum absolute atomic E-state index is 0.0482. The zero-order valence-electron chi connectivity index (χ0n) is 17.1. The van der Waals surface area contributed by atoms with Gasteiger partial charge in [-0.15, -0.1) is 0 Å². The van der Waals surface area contributed by atoms with E-state index in [9.17, 15) is 9.59 Å². The van der Waals surface area contributed by atoms with Crippen molar-refractivity contribution in [2.45, 2.75) is 38.1 Å². The number of carbonyl (C=O) groups is 2. The molecule has 6 nitrogen and oxygen atoms in total. The van der Waals surface area contributed by atoms with E-state index in [2.05, 4.69) is 34.5 Å². The summed E-state index contributed by atoms with van der Waals surface area (Å²) in [6.07, 6.45) is 4.37. The van der Waals surface area contributed by atoms with Gasteiger partial charge in [-0.3, -0.25) is 9.59 Å². The Labute approximate surface area is 176 Å². The minimum Gasteiger partial charge on any atom is -0.484 e. The van der Waals surface area contributed by atoms with Crippen LogP contribution in [-0.4, -0.2) is 49.0 Å². The van der Waals surface area contributed by atoms with E-state index in [-0.39, 0.29) is 24.5 Å². The number of nitrogens with zero attached hydrogens (tertiary/aromatic N) is 2. The van der Waals surface area contributed by atoms with Crippen LogP contribution in [0.15, 0.2) is 42.5 Å². The molecule has 6 heteroatoms. The van der Waals surface area contributed by atoms with Crippen molar-refractivity contribution in [2.75, 3.05) is 36.5 Å². The molecule has 0 saturated carbocycles. The first kappa shape index (κ1) is 19.0. The van der Waals surface area contributed by atoms with Crippen molar-refractivity contribution in [3.05, 3.63) is 53.6 Å². The van der Waals surface area contributed by atoms with Crippen LogP contribution >= 0.6 is 0 Å². The van der Waals surface area contributed by atoms with Crippen LogP contribution < -0.4 is 15.0 Å². The zero-order valence-corrected chi connectivity index (χ0v) is 17.1. The summed E-state index contributed by atoms with van der Waals surface area (Å²) in [5.74, 6) is 0.783. The standard InChI is InChI=1S/C24H27N3O3/c28-23-10-7-18-14-20(8-9-21(18)25-23)30-16-24(29)27-12-3-5-19(27)15-26-13-11-17-4-1-2-6-22(17)26/h1-2,4,6,8-9,14,19H,3,5,7,10-13,15-16H2,(H,25,28). The molecule has 3 aliphatic heterocycles. The average Bonchev–Trinajstić information content (AvgIpc) is 3.40. The highest BCUT2D eigenvalue weighted by atomic mass is 16.5. The number of anilines is 2. The molecule has 156 valence electrons. The van der Waals surface area contributed by atoms with Crippen molar-refractivity contribution in [3.8, 4) is 5.75 Å². The van der Waals surface area contributed by atoms with Gasteiger partial charge < -0.3 is 19.9 Å². The van der Waals surface area contributed by atoms with E-state index in [0.717, 1.165) is 50.1 Å². The van der Waals surface area contributed by atoms with Gasteiger partial charge in [0, 0.05) is 43.5 Å². The Morgan fingerprint density at radius 2 is 1.97 bits per heavy atom. The van der Waals surface area contributed by atoms with Gasteiger partial charge in [-0.25, -0.2) is 0 Å². The summed E-state index contributed by atoms with van der Waals surface area (Å²) in [5.41, 5.74) is 4.62. The normalized spacial score (nSPS) is 20.0. The molecule has 2 aromatic rings. The highest BCUT2D eigenvalue weighted by Gasteiger charge is 2.32. The van der Waals surface area contributed by atoms with Crippen molar-refractivity contribution in [3.63, 3.8) is 0 Å². The van der Waals surface area contributed by atoms with Crippen LogP contribution in [0.4, 0.5) is 11.4 Å². The van der Waals surface area contributed by atoms with E-state index in [0.29, 0.717) is 18.6 Å². The molecule has 0 radical (unpaired) electrons. The van der Waals surface area contributed by atoms with Gasteiger partial charge in [-0.05, 0) is 61.1 Å². The molecule has 0 aromatic heterocycles. The number of hydrogen-bond donors (Lipinski definition) is 1. The van der Waals surface area contributed by atoms with Crippen LogP contribution in [0.5, 0.6) is 5.75 Å². The Balaban J connectivity index is 1.19. The monoisotopic (exact) mass is 405 g/mol. The molecule has 0 spiro atoms. The lowest BCUT2D eigenvalue weighted by Crippen LogP contribution is -2.44. The molecule has 2 amide bonds. The fourth-order valence-electron chi connectivity index (χ4n) is 4.88. The highest BCUT2D eigenvalue weighted by molar-refractivity contribution is 5.94. The lowest BCUT2D eigenvalue weighted by molar-refractivity contribution is -0.134. The largest absolute Gasteiger partial charge is 0.484 e. The SMILES string of the molecule is O=C1CCc2cc(OCC(=O)N3CCCC3CN3CCc4ccccc43)ccc2N1. The van der Waals surface area contributed by atoms with E-state index in [1.165, 1.54) is 11.3 Å². The number of benzene rings is 2. The van der Waals surface area contributed by atoms with Gasteiger partial charge in [0.2, 0.25) is 5.91 Å². The maximum atomic E-state index is 12.9. The molecule has 1 fully saturated rings. The van der Waals surface area contributed by atoms with Crippen molar-refractivity contribution in [2.24, 2.45) is 0 Å². The summed E-state index contributed by atoms with van der Waals surface area (Å²) in [4.78, 5) is 28.8. The molecule has 2 aromatic carbocycles. The Morgan fingerprint density at radius 3 is 2.90 bits per heavy atom. The molecule has 1 N–H and O–H groups in total. The molecule has 0 bridgehead atoms. The van der Waals surface area contributed by atoms with Gasteiger partial charge in [0.05, 0.1) is 0 Å². The lowest BCUT2D eigenvalue weighted by atomic mass is 10.0. The number of rotatable bonds is 5. The Bertz CT molecular complexity index is 974. The van der Waals surface area contributed by atoms with Crippen LogP contribution in [0.25, 0.3) is 0 Å². The Kier molecular flexibility index (Phi) is 5.07. The van der Waals surface area contributed by atoms with Crippen LogP contribution in [0.2, 0.25) is 0 Å². The smallest absolute Gasteiger partial charge is 0.260 e. The number of nitrogens with one attached hydrogen (secondary N) is 1. The molecule has 1 atom stereocenters. The predicted octanol–water partition coefficient (Wildman–Crippen LogP) is 3.00. The zero-order chi connectivity index (χ0) is 20.5. The molecule has 0 aliphatic carbocycles. The van der Waals surface area contributed by atoms with Crippen molar-refractivity contribution >= 4 is 23.2 Å². The Hall–Kier alpha value is -3.02. The molecule has 3 aliphatic rings. The van der Waals surface area contributed by atoms with E-state index in [4.69, 9.17) is 4.74 Å². The van der Waals surface area contributed by atoms with Gasteiger partial charge in [0.15, 0.2) is 6.61 Å². The molecule has 1 saturated heterocycles. The number of ether oxygens (including phenoxy) is 1. The van der Waals surface area contributed by atoms with Crippen LogP contribution in [-0.2, 0) is 22.4 Å². The second-order valence-electron chi connectivity index (χ2n) is 8.36. The molecule has 30 heavy (non-hydrogen) atoms. The molecular weight excluding hydrogens is 378 g/mol. The topological polar surface area (TPSA) is 61.9 Å². The van der Waals surface area contributed by atoms with Crippen LogP contribution in [0.3, 0.4) is 0 Å². The average molecular weight is 405 g/mol. The third-order valence-electron chi connectivity index (χ3n) is 6.45. The van der Waals surface area contributed by atoms with Gasteiger partial charge in [-0.1, -0.05) is 18.2 Å². The number of carbonyl (C=O) groups excluding carboxylic acids is 2. The van der Waals surface area contributed by atoms with Crippen LogP contribution in [0, 0.1) is 0 Å². The summed E-state index contributed by atoms with van der Waals surface area (Å²) in [5, 5.41) is 2.87. The molecule has 1 unspecified atom stereocenters. The number of aryl methyl sites for hydroxylation is 1. The summed E-state index contributed by atoms with van der Waals surface area (Å²) in [6, 6.07) is 14.4. The van der Waals surface area contributed by atoms with Crippen molar-refractivity contribution in [1.82, 2.24) is 4.90 Å². The third-order valence-corrected chi connectivity index (χ3v) is 6.45. The van der Waals surface area contributed by atoms with E-state index in [1.54, 1.807) is 0 Å². The first-order valence-electron chi connectivity index (χ1n) is 10.9. The molecule has 3 heterocycles. The van der Waals surface area contributed by atoms with Crippen LogP contribution in [0.1, 0.15) is 30.4 Å². The number of para-hydroxylation sites is 1. The minimum atomic E-state index is 0.0482. The first-order chi connectivity index (χ1) is 14.7. The lowest BCUT2D eigenvalue weighted by Gasteiger charge is -2.30. The van der Waals surface area contributed by atoms with Crippen molar-refractivity contribution < 1.29 is 14.3 Å². The second kappa shape index (κ2) is 8.01. The van der Waals surface area contributed by atoms with E-state index < -0.39 is 0 Å². The summed E-state index contributed by atoms with van der Waals surface area (Å²) < 4.78 is 5.83. The highest BCUT2D eigenvalue weighted by Crippen LogP contribution is 2.30. The summed E-state index contributed by atoms with van der Waals surface area (Å²) in [6.45, 7) is 2.78. The van der Waals surface area contributed by atoms with Gasteiger partial charge in [0.25, 0.3) is 5.91 Å². The maximum Gasteiger partial charge on any atom is 0.260 e. The molecule has 5 rings (SSSR count). The fraction of sp³-hybridized carbons (Fsp3) is 0.417. The first-order valence-corrected chi connectivity index (χ1v) is 10.9. The predicted molar refractivity (Wildman–Crippen MR) is 116 cm³/mol. The van der Waals surface area contributed by atoms with Gasteiger partial charge >= 0.3 is 0 Å². The Morgan fingerprint density at radius 1 is 1.07 bits per heavy atom. The van der Waals surface area contributed by atoms with Gasteiger partial charge in [0.1, 0.15) is 5.75 Å². The quantitative estimate of drug-likeness (QED) is 0.831. The third kappa shape index (κ3) is 3.74. The number of fused-ring (bicyclic) bond motifs is 2. The van der Waals surface area contributed by atoms with E-state index in [1.807, 2.05) is 23.1 Å². The fourth-order valence-corrected chi connectivity index (χ4v) is 4.88. The summed E-state index contributed by atoms with van der Waals surface area (Å²) in [7, 11) is 0. The number of likely N-dealkylation sites (tertiary alicyclic amines) is 1. The van der Waals surface area contributed by atoms with E-state index >= 15 is 0 Å². The summed E-state index contributed by atoms with van der Waals surface area (Å²) >= 11 is 0. The number of hydrogen-bond acceptors (Lipinski definition) is 4. The number of amides is 2. The van der Waals surface area contributed by atoms with Crippen molar-refractivity contribution in [1.29, 1.82) is 0 Å². The second-order valence-corrected chi connectivity index (χ2v) is 8.36. The van der Waals surface area contributed by atoms with Gasteiger partial charge in [-0.2, -0.15) is 0 Å².